The lowest BCUT2D eigenvalue weighted by atomic mass is 10.3. The van der Waals surface area contributed by atoms with Gasteiger partial charge in [0.1, 0.15) is 0 Å². The minimum absolute atomic E-state index is 0.173. The number of rotatable bonds is 4. The van der Waals surface area contributed by atoms with Gasteiger partial charge in [0.05, 0.1) is 0 Å². The highest BCUT2D eigenvalue weighted by atomic mass is 19.2. The average molecular weight is 254 g/mol. The van der Waals surface area contributed by atoms with Gasteiger partial charge in [-0.05, 0) is 38.1 Å². The smallest absolute Gasteiger partial charge is 0.225 e. The van der Waals surface area contributed by atoms with Crippen LogP contribution in [0.3, 0.4) is 0 Å². The molecule has 0 aromatic heterocycles. The van der Waals surface area contributed by atoms with Crippen LogP contribution in [0.2, 0.25) is 0 Å². The number of benzene rings is 1. The van der Waals surface area contributed by atoms with Crippen LogP contribution < -0.4 is 5.32 Å². The van der Waals surface area contributed by atoms with E-state index in [-0.39, 0.29) is 5.91 Å². The molecule has 0 unspecified atom stereocenters. The highest BCUT2D eigenvalue weighted by Crippen LogP contribution is 2.13. The molecule has 0 radical (unpaired) electrons. The Morgan fingerprint density at radius 2 is 1.94 bits per heavy atom. The fraction of sp³-hybridized carbons (Fsp3) is 0.462. The number of nitrogens with zero attached hydrogens (tertiary/aromatic N) is 1. The normalized spacial score (nSPS) is 15.9. The molecular weight excluding hydrogens is 238 g/mol. The maximum Gasteiger partial charge on any atom is 0.225 e. The maximum absolute atomic E-state index is 12.9. The zero-order valence-electron chi connectivity index (χ0n) is 10.1. The maximum atomic E-state index is 12.9. The lowest BCUT2D eigenvalue weighted by molar-refractivity contribution is -0.116. The average Bonchev–Trinajstić information content (AvgIpc) is 2.84. The second-order valence-corrected chi connectivity index (χ2v) is 4.48. The van der Waals surface area contributed by atoms with Crippen molar-refractivity contribution in [2.45, 2.75) is 19.3 Å². The monoisotopic (exact) mass is 254 g/mol. The van der Waals surface area contributed by atoms with E-state index < -0.39 is 11.6 Å². The van der Waals surface area contributed by atoms with Crippen molar-refractivity contribution in [3.63, 3.8) is 0 Å². The van der Waals surface area contributed by atoms with Crippen LogP contribution in [0.25, 0.3) is 0 Å². The topological polar surface area (TPSA) is 32.3 Å². The standard InChI is InChI=1S/C13H16F2N2O/c14-11-4-3-10(9-12(11)15)16-13(18)5-8-17-6-1-2-7-17/h3-4,9H,1-2,5-8H2,(H,16,18). The summed E-state index contributed by atoms with van der Waals surface area (Å²) in [6.45, 7) is 2.80. The highest BCUT2D eigenvalue weighted by molar-refractivity contribution is 5.90. The van der Waals surface area contributed by atoms with Gasteiger partial charge in [-0.1, -0.05) is 0 Å². The van der Waals surface area contributed by atoms with Crippen molar-refractivity contribution in [3.8, 4) is 0 Å². The molecular formula is C13H16F2N2O. The Labute approximate surface area is 105 Å². The number of hydrogen-bond acceptors (Lipinski definition) is 2. The largest absolute Gasteiger partial charge is 0.326 e. The minimum Gasteiger partial charge on any atom is -0.326 e. The van der Waals surface area contributed by atoms with E-state index in [0.717, 1.165) is 31.8 Å². The van der Waals surface area contributed by atoms with Crippen molar-refractivity contribution in [2.75, 3.05) is 25.0 Å². The Balaban J connectivity index is 1.80. The molecule has 1 saturated heterocycles. The molecule has 0 atom stereocenters. The predicted molar refractivity (Wildman–Crippen MR) is 65.3 cm³/mol. The van der Waals surface area contributed by atoms with Crippen molar-refractivity contribution in [3.05, 3.63) is 29.8 Å². The predicted octanol–water partition coefficient (Wildman–Crippen LogP) is 2.39. The first-order valence-electron chi connectivity index (χ1n) is 6.12. The van der Waals surface area contributed by atoms with Gasteiger partial charge in [-0.3, -0.25) is 4.79 Å². The Morgan fingerprint density at radius 1 is 1.22 bits per heavy atom. The summed E-state index contributed by atoms with van der Waals surface area (Å²) in [5, 5.41) is 2.56. The van der Waals surface area contributed by atoms with Gasteiger partial charge in [-0.15, -0.1) is 0 Å². The number of hydrogen-bond donors (Lipinski definition) is 1. The van der Waals surface area contributed by atoms with E-state index in [9.17, 15) is 13.6 Å². The highest BCUT2D eigenvalue weighted by Gasteiger charge is 2.13. The van der Waals surface area contributed by atoms with Crippen molar-refractivity contribution in [1.82, 2.24) is 4.90 Å². The van der Waals surface area contributed by atoms with Crippen LogP contribution in [-0.2, 0) is 4.79 Å². The summed E-state index contributed by atoms with van der Waals surface area (Å²) >= 11 is 0. The zero-order chi connectivity index (χ0) is 13.0. The van der Waals surface area contributed by atoms with Crippen LogP contribution in [0.4, 0.5) is 14.5 Å². The lowest BCUT2D eigenvalue weighted by Gasteiger charge is -2.13. The first kappa shape index (κ1) is 13.0. The second kappa shape index (κ2) is 5.91. The molecule has 5 heteroatoms. The molecule has 1 amide bonds. The lowest BCUT2D eigenvalue weighted by Crippen LogP contribution is -2.25. The van der Waals surface area contributed by atoms with Crippen LogP contribution in [0.15, 0.2) is 18.2 Å². The molecule has 1 N–H and O–H groups in total. The third-order valence-corrected chi connectivity index (χ3v) is 3.06. The summed E-state index contributed by atoms with van der Waals surface area (Å²) in [5.74, 6) is -2.04. The van der Waals surface area contributed by atoms with Crippen molar-refractivity contribution in [1.29, 1.82) is 0 Å². The van der Waals surface area contributed by atoms with Gasteiger partial charge in [0.2, 0.25) is 5.91 Å². The SMILES string of the molecule is O=C(CCN1CCCC1)Nc1ccc(F)c(F)c1. The van der Waals surface area contributed by atoms with Gasteiger partial charge in [0.25, 0.3) is 0 Å². The van der Waals surface area contributed by atoms with Gasteiger partial charge >= 0.3 is 0 Å². The summed E-state index contributed by atoms with van der Waals surface area (Å²) in [7, 11) is 0. The number of amides is 1. The molecule has 18 heavy (non-hydrogen) atoms. The summed E-state index contributed by atoms with van der Waals surface area (Å²) < 4.78 is 25.6. The third kappa shape index (κ3) is 3.50. The molecule has 2 rings (SSSR count). The molecule has 1 aliphatic heterocycles. The first-order valence-corrected chi connectivity index (χ1v) is 6.12. The molecule has 1 aliphatic rings. The van der Waals surface area contributed by atoms with Crippen LogP contribution in [0.5, 0.6) is 0 Å². The Kier molecular flexibility index (Phi) is 4.25. The number of carbonyl (C=O) groups excluding carboxylic acids is 1. The van der Waals surface area contributed by atoms with Crippen molar-refractivity contribution in [2.24, 2.45) is 0 Å². The van der Waals surface area contributed by atoms with Crippen LogP contribution in [-0.4, -0.2) is 30.4 Å². The summed E-state index contributed by atoms with van der Waals surface area (Å²) in [4.78, 5) is 13.8. The van der Waals surface area contributed by atoms with Gasteiger partial charge in [-0.25, -0.2) is 8.78 Å². The Bertz CT molecular complexity index is 431. The molecule has 0 spiro atoms. The van der Waals surface area contributed by atoms with Gasteiger partial charge in [-0.2, -0.15) is 0 Å². The third-order valence-electron chi connectivity index (χ3n) is 3.06. The number of halogens is 2. The van der Waals surface area contributed by atoms with E-state index in [2.05, 4.69) is 10.2 Å². The van der Waals surface area contributed by atoms with Gasteiger partial charge < -0.3 is 10.2 Å². The fourth-order valence-electron chi connectivity index (χ4n) is 2.06. The van der Waals surface area contributed by atoms with E-state index in [1.807, 2.05) is 0 Å². The van der Waals surface area contributed by atoms with E-state index in [1.165, 1.54) is 18.9 Å². The fourth-order valence-corrected chi connectivity index (χ4v) is 2.06. The molecule has 0 saturated carbocycles. The van der Waals surface area contributed by atoms with Gasteiger partial charge in [0.15, 0.2) is 11.6 Å². The Hall–Kier alpha value is -1.49. The first-order chi connectivity index (χ1) is 8.65. The number of anilines is 1. The van der Waals surface area contributed by atoms with Crippen LogP contribution in [0, 0.1) is 11.6 Å². The zero-order valence-corrected chi connectivity index (χ0v) is 10.1. The molecule has 0 bridgehead atoms. The van der Waals surface area contributed by atoms with Crippen LogP contribution >= 0.6 is 0 Å². The molecule has 1 aromatic rings. The molecule has 98 valence electrons. The molecule has 3 nitrogen and oxygen atoms in total. The molecule has 0 aliphatic carbocycles. The van der Waals surface area contributed by atoms with Crippen molar-refractivity contribution >= 4 is 11.6 Å². The number of carbonyl (C=O) groups is 1. The van der Waals surface area contributed by atoms with Crippen molar-refractivity contribution < 1.29 is 13.6 Å². The number of nitrogens with one attached hydrogen (secondary N) is 1. The second-order valence-electron chi connectivity index (χ2n) is 4.48. The van der Waals surface area contributed by atoms with Gasteiger partial charge in [0, 0.05) is 24.7 Å². The molecule has 1 fully saturated rings. The van der Waals surface area contributed by atoms with E-state index in [4.69, 9.17) is 0 Å². The van der Waals surface area contributed by atoms with E-state index in [1.54, 1.807) is 0 Å². The van der Waals surface area contributed by atoms with E-state index >= 15 is 0 Å². The quantitative estimate of drug-likeness (QED) is 0.894. The summed E-state index contributed by atoms with van der Waals surface area (Å²) in [5.41, 5.74) is 0.292. The molecule has 1 heterocycles. The Morgan fingerprint density at radius 3 is 2.61 bits per heavy atom. The summed E-state index contributed by atoms with van der Waals surface area (Å²) in [6, 6.07) is 3.35. The minimum atomic E-state index is -0.952. The van der Waals surface area contributed by atoms with Crippen LogP contribution in [0.1, 0.15) is 19.3 Å². The summed E-state index contributed by atoms with van der Waals surface area (Å²) in [6.07, 6.45) is 2.74. The molecule has 1 aromatic carbocycles. The van der Waals surface area contributed by atoms with E-state index in [0.29, 0.717) is 12.1 Å². The number of likely N-dealkylation sites (tertiary alicyclic amines) is 1.